The molecular formula is C33H40N2O8P+. The van der Waals surface area contributed by atoms with Crippen molar-refractivity contribution in [3.05, 3.63) is 108 Å². The summed E-state index contributed by atoms with van der Waals surface area (Å²) in [5.74, 6) is -1.47. The minimum absolute atomic E-state index is 0.0176. The number of hydrogen-bond acceptors (Lipinski definition) is 9. The molecule has 0 heterocycles. The predicted octanol–water partition coefficient (Wildman–Crippen LogP) is 5.39. The molecular weight excluding hydrogens is 583 g/mol. The lowest BCUT2D eigenvalue weighted by molar-refractivity contribution is -0.150. The zero-order valence-electron chi connectivity index (χ0n) is 24.9. The molecule has 0 aromatic heterocycles. The highest BCUT2D eigenvalue weighted by Crippen LogP contribution is 2.26. The average Bonchev–Trinajstić information content (AvgIpc) is 3.06. The van der Waals surface area contributed by atoms with Crippen molar-refractivity contribution in [2.24, 2.45) is 0 Å². The van der Waals surface area contributed by atoms with Gasteiger partial charge in [-0.3, -0.25) is 9.59 Å². The van der Waals surface area contributed by atoms with E-state index in [1.807, 2.05) is 97.9 Å². The van der Waals surface area contributed by atoms with E-state index >= 15 is 0 Å². The van der Waals surface area contributed by atoms with Crippen LogP contribution >= 0.6 is 8.25 Å². The van der Waals surface area contributed by atoms with Gasteiger partial charge in [-0.25, -0.2) is 4.79 Å². The normalized spacial score (nSPS) is 12.5. The first-order valence-corrected chi connectivity index (χ1v) is 15.7. The Labute approximate surface area is 259 Å². The summed E-state index contributed by atoms with van der Waals surface area (Å²) in [5, 5.41) is 5.79. The van der Waals surface area contributed by atoms with E-state index in [9.17, 15) is 18.9 Å². The molecule has 234 valence electrons. The average molecular weight is 624 g/mol. The van der Waals surface area contributed by atoms with Crippen LogP contribution in [0.15, 0.2) is 91.0 Å². The van der Waals surface area contributed by atoms with E-state index in [0.29, 0.717) is 13.0 Å². The lowest BCUT2D eigenvalue weighted by atomic mass is 10.1. The number of hydrogen-bond donors (Lipinski definition) is 2. The first kappa shape index (κ1) is 34.5. The van der Waals surface area contributed by atoms with Gasteiger partial charge in [-0.1, -0.05) is 97.9 Å². The minimum atomic E-state index is -2.35. The molecule has 3 aromatic rings. The summed E-state index contributed by atoms with van der Waals surface area (Å²) in [6.07, 6.45) is 0.668. The van der Waals surface area contributed by atoms with E-state index in [0.717, 1.165) is 16.7 Å². The monoisotopic (exact) mass is 623 g/mol. The maximum atomic E-state index is 13.0. The maximum Gasteiger partial charge on any atom is 0.697 e. The van der Waals surface area contributed by atoms with Gasteiger partial charge < -0.3 is 20.1 Å². The Morgan fingerprint density at radius 2 is 1.18 bits per heavy atom. The molecule has 0 fully saturated rings. The van der Waals surface area contributed by atoms with Crippen LogP contribution < -0.4 is 10.6 Å². The molecule has 10 nitrogen and oxygen atoms in total. The topological polar surface area (TPSA) is 129 Å². The molecule has 0 aliphatic rings. The molecule has 44 heavy (non-hydrogen) atoms. The van der Waals surface area contributed by atoms with E-state index in [1.54, 1.807) is 0 Å². The molecule has 0 saturated carbocycles. The zero-order chi connectivity index (χ0) is 31.4. The van der Waals surface area contributed by atoms with Gasteiger partial charge in [-0.05, 0) is 42.5 Å². The van der Waals surface area contributed by atoms with Gasteiger partial charge in [0.15, 0.2) is 0 Å². The summed E-state index contributed by atoms with van der Waals surface area (Å²) in [4.78, 5) is 38.6. The fourth-order valence-corrected chi connectivity index (χ4v) is 4.77. The fraction of sp³-hybridized carbons (Fsp3) is 0.364. The van der Waals surface area contributed by atoms with Crippen LogP contribution in [0.25, 0.3) is 0 Å². The molecule has 3 atom stereocenters. The number of rotatable bonds is 20. The smallest absolute Gasteiger partial charge is 0.460 e. The van der Waals surface area contributed by atoms with Gasteiger partial charge in [0.05, 0.1) is 0 Å². The number of carbonyl (C=O) groups excluding carboxylic acids is 3. The number of likely N-dealkylation sites (N-methyl/N-ethyl adjacent to an activating group) is 1. The molecule has 3 aromatic carbocycles. The molecule has 0 bridgehead atoms. The van der Waals surface area contributed by atoms with Gasteiger partial charge in [0.25, 0.3) is 0 Å². The van der Waals surface area contributed by atoms with Crippen LogP contribution in [-0.4, -0.2) is 43.1 Å². The summed E-state index contributed by atoms with van der Waals surface area (Å²) in [6, 6.07) is 26.2. The van der Waals surface area contributed by atoms with Crippen molar-refractivity contribution in [3.63, 3.8) is 0 Å². The number of ether oxygens (including phenoxy) is 2. The SMILES string of the molecule is CCNC(CCC(=O)N[C@H](CCCO[P+](=O)OCc1ccccc1)C(=O)OCc1ccccc1)C(=O)OCc1ccccc1. The highest BCUT2D eigenvalue weighted by Gasteiger charge is 2.26. The Morgan fingerprint density at radius 3 is 1.70 bits per heavy atom. The van der Waals surface area contributed by atoms with Gasteiger partial charge >= 0.3 is 20.2 Å². The Kier molecular flexibility index (Phi) is 15.8. The third-order valence-corrected chi connectivity index (χ3v) is 7.21. The minimum Gasteiger partial charge on any atom is -0.460 e. The van der Waals surface area contributed by atoms with Gasteiger partial charge in [0.1, 0.15) is 38.5 Å². The molecule has 0 saturated heterocycles. The summed E-state index contributed by atoms with van der Waals surface area (Å²) < 4.78 is 33.6. The van der Waals surface area contributed by atoms with Crippen molar-refractivity contribution < 1.29 is 37.5 Å². The van der Waals surface area contributed by atoms with E-state index in [-0.39, 0.29) is 45.7 Å². The zero-order valence-corrected chi connectivity index (χ0v) is 25.8. The molecule has 1 amide bonds. The highest BCUT2D eigenvalue weighted by atomic mass is 31.1. The van der Waals surface area contributed by atoms with Crippen molar-refractivity contribution in [1.82, 2.24) is 10.6 Å². The van der Waals surface area contributed by atoms with Crippen LogP contribution in [0.3, 0.4) is 0 Å². The summed E-state index contributed by atoms with van der Waals surface area (Å²) in [5.41, 5.74) is 2.54. The van der Waals surface area contributed by atoms with Crippen molar-refractivity contribution >= 4 is 26.1 Å². The van der Waals surface area contributed by atoms with Crippen LogP contribution in [0, 0.1) is 0 Å². The lowest BCUT2D eigenvalue weighted by Gasteiger charge is -2.19. The quantitative estimate of drug-likeness (QED) is 0.0967. The summed E-state index contributed by atoms with van der Waals surface area (Å²) in [7, 11) is -2.35. The molecule has 0 aliphatic carbocycles. The van der Waals surface area contributed by atoms with Crippen LogP contribution in [0.1, 0.15) is 49.3 Å². The van der Waals surface area contributed by atoms with Gasteiger partial charge in [0, 0.05) is 11.0 Å². The Morgan fingerprint density at radius 1 is 0.682 bits per heavy atom. The van der Waals surface area contributed by atoms with E-state index in [4.69, 9.17) is 18.5 Å². The molecule has 0 aliphatic heterocycles. The molecule has 11 heteroatoms. The van der Waals surface area contributed by atoms with Crippen LogP contribution in [0.4, 0.5) is 0 Å². The van der Waals surface area contributed by atoms with E-state index < -0.39 is 38.2 Å². The maximum absolute atomic E-state index is 13.0. The number of nitrogens with one attached hydrogen (secondary N) is 2. The van der Waals surface area contributed by atoms with Crippen molar-refractivity contribution in [1.29, 1.82) is 0 Å². The fourth-order valence-electron chi connectivity index (χ4n) is 4.16. The number of benzene rings is 3. The summed E-state index contributed by atoms with van der Waals surface area (Å²) in [6.45, 7) is 2.76. The lowest BCUT2D eigenvalue weighted by Crippen LogP contribution is -2.43. The third kappa shape index (κ3) is 13.6. The number of carbonyl (C=O) groups is 3. The summed E-state index contributed by atoms with van der Waals surface area (Å²) >= 11 is 0. The standard InChI is InChI=1S/C33H39N2O8P/c1-2-34-29(32(37)40-23-26-13-6-3-7-14-26)20-21-31(36)35-30(33(38)41-24-27-15-8-4-9-16-27)19-12-22-42-44(39)43-25-28-17-10-5-11-18-28/h3-11,13-18,29-30,34H,2,12,19-25H2,1H3/p+1/t29?,30-/m1/s1. The highest BCUT2D eigenvalue weighted by molar-refractivity contribution is 7.33. The second-order valence-corrected chi connectivity index (χ2v) is 10.9. The number of amides is 1. The Hall–Kier alpha value is -3.95. The van der Waals surface area contributed by atoms with Crippen molar-refractivity contribution in [2.45, 2.75) is 64.5 Å². The van der Waals surface area contributed by atoms with Crippen LogP contribution in [-0.2, 0) is 57.3 Å². The molecule has 3 rings (SSSR count). The van der Waals surface area contributed by atoms with Crippen molar-refractivity contribution in [2.75, 3.05) is 13.2 Å². The molecule has 0 radical (unpaired) electrons. The molecule has 0 spiro atoms. The Bertz CT molecular complexity index is 1290. The van der Waals surface area contributed by atoms with Crippen LogP contribution in [0.5, 0.6) is 0 Å². The second kappa shape index (κ2) is 20.1. The van der Waals surface area contributed by atoms with Crippen LogP contribution in [0.2, 0.25) is 0 Å². The number of esters is 2. The predicted molar refractivity (Wildman–Crippen MR) is 165 cm³/mol. The molecule has 2 N–H and O–H groups in total. The third-order valence-electron chi connectivity index (χ3n) is 6.48. The van der Waals surface area contributed by atoms with E-state index in [2.05, 4.69) is 10.6 Å². The molecule has 2 unspecified atom stereocenters. The Balaban J connectivity index is 1.49. The largest absolute Gasteiger partial charge is 0.697 e. The van der Waals surface area contributed by atoms with Gasteiger partial charge in [-0.15, -0.1) is 9.05 Å². The van der Waals surface area contributed by atoms with E-state index in [1.165, 1.54) is 0 Å². The van der Waals surface area contributed by atoms with Gasteiger partial charge in [0.2, 0.25) is 5.91 Å². The van der Waals surface area contributed by atoms with Gasteiger partial charge in [-0.2, -0.15) is 0 Å². The first-order chi connectivity index (χ1) is 21.4. The second-order valence-electron chi connectivity index (χ2n) is 9.91. The first-order valence-electron chi connectivity index (χ1n) is 14.7. The van der Waals surface area contributed by atoms with Crippen molar-refractivity contribution in [3.8, 4) is 0 Å².